The SMILES string of the molecule is CC(=O)O.COc1ccc(C=O)cc1.O=S(=O)(O)O. The first-order valence-corrected chi connectivity index (χ1v) is 5.98. The monoisotopic (exact) mass is 294 g/mol. The van der Waals surface area contributed by atoms with Crippen molar-refractivity contribution in [2.24, 2.45) is 0 Å². The molecule has 1 aromatic carbocycles. The van der Waals surface area contributed by atoms with Crippen LogP contribution in [0.1, 0.15) is 17.3 Å². The van der Waals surface area contributed by atoms with Crippen LogP contribution >= 0.6 is 0 Å². The molecule has 0 aliphatic rings. The number of ether oxygens (including phenoxy) is 1. The average Bonchev–Trinajstić information content (AvgIpc) is 2.26. The van der Waals surface area contributed by atoms with Crippen molar-refractivity contribution in [2.75, 3.05) is 7.11 Å². The molecule has 1 aromatic rings. The summed E-state index contributed by atoms with van der Waals surface area (Å²) in [5.74, 6) is -0.0643. The van der Waals surface area contributed by atoms with E-state index in [1.54, 1.807) is 31.4 Å². The predicted molar refractivity (Wildman–Crippen MR) is 65.9 cm³/mol. The van der Waals surface area contributed by atoms with Gasteiger partial charge in [-0.1, -0.05) is 0 Å². The second kappa shape index (κ2) is 10.00. The smallest absolute Gasteiger partial charge is 0.394 e. The number of carboxylic acids is 1. The van der Waals surface area contributed by atoms with Gasteiger partial charge in [0.15, 0.2) is 0 Å². The van der Waals surface area contributed by atoms with Gasteiger partial charge in [0.1, 0.15) is 12.0 Å². The summed E-state index contributed by atoms with van der Waals surface area (Å²) in [6.45, 7) is 1.08. The van der Waals surface area contributed by atoms with E-state index < -0.39 is 16.4 Å². The van der Waals surface area contributed by atoms with Gasteiger partial charge in [0.05, 0.1) is 7.11 Å². The number of benzene rings is 1. The van der Waals surface area contributed by atoms with E-state index in [4.69, 9.17) is 32.2 Å². The van der Waals surface area contributed by atoms with Crippen LogP contribution in [-0.4, -0.2) is 42.0 Å². The molecule has 108 valence electrons. The van der Waals surface area contributed by atoms with E-state index in [9.17, 15) is 4.79 Å². The topological polar surface area (TPSA) is 138 Å². The lowest BCUT2D eigenvalue weighted by Crippen LogP contribution is -1.89. The van der Waals surface area contributed by atoms with Crippen LogP contribution in [0.4, 0.5) is 0 Å². The lowest BCUT2D eigenvalue weighted by molar-refractivity contribution is -0.134. The highest BCUT2D eigenvalue weighted by atomic mass is 32.3. The van der Waals surface area contributed by atoms with Gasteiger partial charge in [-0.05, 0) is 24.3 Å². The fourth-order valence-corrected chi connectivity index (χ4v) is 0.682. The summed E-state index contributed by atoms with van der Waals surface area (Å²) in [5.41, 5.74) is 0.667. The van der Waals surface area contributed by atoms with Gasteiger partial charge in [0, 0.05) is 12.5 Å². The van der Waals surface area contributed by atoms with Gasteiger partial charge in [-0.15, -0.1) is 0 Å². The van der Waals surface area contributed by atoms with Crippen molar-refractivity contribution in [1.29, 1.82) is 0 Å². The Bertz CT molecular complexity index is 465. The second-order valence-electron chi connectivity index (χ2n) is 2.86. The number of carboxylic acid groups (broad SMARTS) is 1. The quantitative estimate of drug-likeness (QED) is 0.541. The van der Waals surface area contributed by atoms with Crippen LogP contribution in [-0.2, 0) is 15.2 Å². The molecule has 3 N–H and O–H groups in total. The molecule has 0 fully saturated rings. The van der Waals surface area contributed by atoms with Gasteiger partial charge in [0.25, 0.3) is 5.97 Å². The third-order valence-corrected chi connectivity index (χ3v) is 1.25. The van der Waals surface area contributed by atoms with Crippen LogP contribution in [0.2, 0.25) is 0 Å². The minimum absolute atomic E-state index is 0.667. The molecular formula is C10H14O8S. The largest absolute Gasteiger partial charge is 0.497 e. The Kier molecular flexibility index (Phi) is 10.2. The summed E-state index contributed by atoms with van der Waals surface area (Å²) in [6, 6.07) is 6.94. The summed E-state index contributed by atoms with van der Waals surface area (Å²) in [5, 5.41) is 7.42. The molecule has 0 bridgehead atoms. The first kappa shape index (κ1) is 19.4. The molecule has 0 spiro atoms. The normalized spacial score (nSPS) is 9.05. The number of aliphatic carboxylic acids is 1. The lowest BCUT2D eigenvalue weighted by Gasteiger charge is -1.96. The van der Waals surface area contributed by atoms with Gasteiger partial charge in [-0.25, -0.2) is 0 Å². The van der Waals surface area contributed by atoms with Gasteiger partial charge in [-0.2, -0.15) is 8.42 Å². The van der Waals surface area contributed by atoms with Crippen LogP contribution in [0.5, 0.6) is 5.75 Å². The molecule has 9 heteroatoms. The fraction of sp³-hybridized carbons (Fsp3) is 0.200. The van der Waals surface area contributed by atoms with Gasteiger partial charge in [0.2, 0.25) is 0 Å². The van der Waals surface area contributed by atoms with E-state index in [-0.39, 0.29) is 0 Å². The van der Waals surface area contributed by atoms with E-state index in [0.29, 0.717) is 5.56 Å². The van der Waals surface area contributed by atoms with E-state index >= 15 is 0 Å². The molecule has 0 aliphatic carbocycles. The summed E-state index contributed by atoms with van der Waals surface area (Å²) < 4.78 is 36.5. The second-order valence-corrected chi connectivity index (χ2v) is 3.75. The molecule has 8 nitrogen and oxygen atoms in total. The molecule has 0 saturated heterocycles. The third-order valence-electron chi connectivity index (χ3n) is 1.25. The Labute approximate surface area is 110 Å². The number of hydrogen-bond donors (Lipinski definition) is 3. The number of hydrogen-bond acceptors (Lipinski definition) is 5. The minimum atomic E-state index is -4.67. The highest BCUT2D eigenvalue weighted by Gasteiger charge is 1.89. The Hall–Kier alpha value is -1.97. The molecule has 0 aromatic heterocycles. The number of aldehydes is 1. The third kappa shape index (κ3) is 21.8. The zero-order valence-corrected chi connectivity index (χ0v) is 11.0. The van der Waals surface area contributed by atoms with Gasteiger partial charge < -0.3 is 9.84 Å². The van der Waals surface area contributed by atoms with Crippen molar-refractivity contribution in [3.05, 3.63) is 29.8 Å². The van der Waals surface area contributed by atoms with Crippen LogP contribution in [0, 0.1) is 0 Å². The number of methoxy groups -OCH3 is 1. The molecular weight excluding hydrogens is 280 g/mol. The molecule has 0 atom stereocenters. The summed E-state index contributed by atoms with van der Waals surface area (Å²) in [4.78, 5) is 19.2. The standard InChI is InChI=1S/C8H8O2.C2H4O2.H2O4S/c1-10-8-4-2-7(6-9)3-5-8;1-2(3)4;1-5(2,3)4/h2-6H,1H3;1H3,(H,3,4);(H2,1,2,3,4). The summed E-state index contributed by atoms with van der Waals surface area (Å²) >= 11 is 0. The first-order valence-electron chi connectivity index (χ1n) is 4.58. The Morgan fingerprint density at radius 1 is 1.21 bits per heavy atom. The Balaban J connectivity index is 0. The van der Waals surface area contributed by atoms with Gasteiger partial charge >= 0.3 is 10.4 Å². The fourth-order valence-electron chi connectivity index (χ4n) is 0.682. The maximum absolute atomic E-state index is 10.2. The van der Waals surface area contributed by atoms with Crippen molar-refractivity contribution in [3.8, 4) is 5.75 Å². The predicted octanol–water partition coefficient (Wildman–Crippen LogP) is 0.946. The molecule has 19 heavy (non-hydrogen) atoms. The van der Waals surface area contributed by atoms with Crippen LogP contribution < -0.4 is 4.74 Å². The van der Waals surface area contributed by atoms with Crippen molar-refractivity contribution in [3.63, 3.8) is 0 Å². The molecule has 0 heterocycles. The number of rotatable bonds is 2. The highest BCUT2D eigenvalue weighted by molar-refractivity contribution is 7.79. The summed E-state index contributed by atoms with van der Waals surface area (Å²) in [6.07, 6.45) is 0.805. The number of carbonyl (C=O) groups is 2. The van der Waals surface area contributed by atoms with Crippen molar-refractivity contribution < 1.29 is 37.0 Å². The molecule has 0 saturated carbocycles. The molecule has 0 radical (unpaired) electrons. The zero-order valence-electron chi connectivity index (χ0n) is 10.2. The molecule has 0 unspecified atom stereocenters. The van der Waals surface area contributed by atoms with Gasteiger partial charge in [-0.3, -0.25) is 18.7 Å². The maximum Gasteiger partial charge on any atom is 0.394 e. The minimum Gasteiger partial charge on any atom is -0.497 e. The van der Waals surface area contributed by atoms with E-state index in [0.717, 1.165) is 19.0 Å². The average molecular weight is 294 g/mol. The first-order chi connectivity index (χ1) is 8.60. The van der Waals surface area contributed by atoms with E-state index in [1.165, 1.54) is 0 Å². The van der Waals surface area contributed by atoms with Crippen LogP contribution in [0.15, 0.2) is 24.3 Å². The maximum atomic E-state index is 10.2. The number of carbonyl (C=O) groups excluding carboxylic acids is 1. The lowest BCUT2D eigenvalue weighted by atomic mass is 10.2. The molecule has 0 amide bonds. The summed E-state index contributed by atoms with van der Waals surface area (Å²) in [7, 11) is -3.07. The Morgan fingerprint density at radius 3 is 1.74 bits per heavy atom. The van der Waals surface area contributed by atoms with E-state index in [1.807, 2.05) is 0 Å². The molecule has 1 rings (SSSR count). The molecule has 0 aliphatic heterocycles. The van der Waals surface area contributed by atoms with Crippen LogP contribution in [0.25, 0.3) is 0 Å². The zero-order chi connectivity index (χ0) is 15.5. The Morgan fingerprint density at radius 2 is 1.53 bits per heavy atom. The highest BCUT2D eigenvalue weighted by Crippen LogP contribution is 2.09. The van der Waals surface area contributed by atoms with E-state index in [2.05, 4.69) is 0 Å². The van der Waals surface area contributed by atoms with Crippen molar-refractivity contribution in [1.82, 2.24) is 0 Å². The van der Waals surface area contributed by atoms with Crippen molar-refractivity contribution in [2.45, 2.75) is 6.92 Å². The van der Waals surface area contributed by atoms with Crippen molar-refractivity contribution >= 4 is 22.7 Å². The van der Waals surface area contributed by atoms with Crippen LogP contribution in [0.3, 0.4) is 0 Å².